The normalized spacial score (nSPS) is 15.2. The van der Waals surface area contributed by atoms with Crippen molar-refractivity contribution < 1.29 is 15.0 Å². The number of nitrogens with two attached hydrogens (primary N) is 1. The van der Waals surface area contributed by atoms with Gasteiger partial charge in [-0.1, -0.05) is 6.07 Å². The molecule has 4 rings (SSSR count). The van der Waals surface area contributed by atoms with Crippen LogP contribution in [0.1, 0.15) is 33.8 Å². The van der Waals surface area contributed by atoms with E-state index in [1.54, 1.807) is 17.5 Å². The number of carbonyl (C=O) groups excluding carboxylic acids is 1. The molecule has 0 unspecified atom stereocenters. The summed E-state index contributed by atoms with van der Waals surface area (Å²) in [5, 5.41) is 34.6. The summed E-state index contributed by atoms with van der Waals surface area (Å²) in [6.07, 6.45) is 4.58. The van der Waals surface area contributed by atoms with Crippen LogP contribution in [0.5, 0.6) is 0 Å². The molecule has 0 aliphatic carbocycles. The van der Waals surface area contributed by atoms with Crippen molar-refractivity contribution in [1.29, 1.82) is 5.26 Å². The summed E-state index contributed by atoms with van der Waals surface area (Å²) < 4.78 is 0. The average Bonchev–Trinajstić information content (AvgIpc) is 3.39. The molecule has 0 bridgehead atoms. The monoisotopic (exact) mass is 522 g/mol. The number of rotatable bonds is 10. The Morgan fingerprint density at radius 1 is 1.32 bits per heavy atom. The summed E-state index contributed by atoms with van der Waals surface area (Å²) in [6, 6.07) is 9.13. The number of anilines is 2. The van der Waals surface area contributed by atoms with E-state index >= 15 is 0 Å². The van der Waals surface area contributed by atoms with Gasteiger partial charge in [0.25, 0.3) is 5.91 Å². The van der Waals surface area contributed by atoms with Gasteiger partial charge in [-0.3, -0.25) is 14.7 Å². The van der Waals surface area contributed by atoms with Gasteiger partial charge in [0.05, 0.1) is 24.1 Å². The van der Waals surface area contributed by atoms with Crippen LogP contribution in [-0.4, -0.2) is 74.9 Å². The number of hydrogen-bond donors (Lipinski definition) is 5. The molecule has 1 fully saturated rings. The van der Waals surface area contributed by atoms with Gasteiger partial charge < -0.3 is 26.6 Å². The third kappa shape index (κ3) is 6.99. The first-order valence-electron chi connectivity index (χ1n) is 12.1. The highest BCUT2D eigenvalue weighted by Crippen LogP contribution is 2.26. The van der Waals surface area contributed by atoms with E-state index in [9.17, 15) is 15.2 Å². The van der Waals surface area contributed by atoms with Gasteiger partial charge in [-0.05, 0) is 50.0 Å². The highest BCUT2D eigenvalue weighted by molar-refractivity contribution is 7.14. The fourth-order valence-corrected chi connectivity index (χ4v) is 5.02. The topological polar surface area (TPSA) is 173 Å². The molecule has 1 aliphatic rings. The third-order valence-electron chi connectivity index (χ3n) is 6.19. The molecule has 0 radical (unpaired) electrons. The van der Waals surface area contributed by atoms with Gasteiger partial charge in [0.1, 0.15) is 28.2 Å². The molecular formula is C25H30N8O3S. The minimum atomic E-state index is -1.03. The van der Waals surface area contributed by atoms with Crippen LogP contribution < -0.4 is 16.4 Å². The Bertz CT molecular complexity index is 1240. The predicted molar refractivity (Wildman–Crippen MR) is 141 cm³/mol. The van der Waals surface area contributed by atoms with E-state index in [4.69, 9.17) is 10.8 Å². The Morgan fingerprint density at radius 2 is 2.14 bits per heavy atom. The number of amides is 1. The maximum Gasteiger partial charge on any atom is 0.270 e. The molecule has 1 atom stereocenters. The van der Waals surface area contributed by atoms with Crippen molar-refractivity contribution in [3.05, 3.63) is 52.8 Å². The van der Waals surface area contributed by atoms with Crippen molar-refractivity contribution in [3.8, 4) is 16.8 Å². The van der Waals surface area contributed by atoms with Crippen molar-refractivity contribution in [2.24, 2.45) is 5.92 Å². The van der Waals surface area contributed by atoms with E-state index in [2.05, 4.69) is 30.5 Å². The summed E-state index contributed by atoms with van der Waals surface area (Å²) in [6.45, 7) is 2.75. The summed E-state index contributed by atoms with van der Waals surface area (Å²) in [4.78, 5) is 29.5. The zero-order chi connectivity index (χ0) is 26.2. The van der Waals surface area contributed by atoms with Crippen LogP contribution in [0.25, 0.3) is 10.7 Å². The van der Waals surface area contributed by atoms with Crippen LogP contribution in [0, 0.1) is 17.2 Å². The van der Waals surface area contributed by atoms with Gasteiger partial charge >= 0.3 is 0 Å². The molecule has 6 N–H and O–H groups in total. The Labute approximate surface area is 219 Å². The minimum absolute atomic E-state index is 0.0345. The number of nitrogens with one attached hydrogen (secondary N) is 2. The second-order valence-electron chi connectivity index (χ2n) is 8.93. The number of nitrogens with zero attached hydrogens (tertiary/aromatic N) is 5. The van der Waals surface area contributed by atoms with Gasteiger partial charge in [0.2, 0.25) is 0 Å². The summed E-state index contributed by atoms with van der Waals surface area (Å²) in [5.74, 6) is 0.0672. The van der Waals surface area contributed by atoms with Crippen molar-refractivity contribution >= 4 is 28.7 Å². The third-order valence-corrected chi connectivity index (χ3v) is 7.19. The number of aliphatic hydroxyl groups is 2. The lowest BCUT2D eigenvalue weighted by atomic mass is 9.96. The molecule has 12 heteroatoms. The number of nitrogen functional groups attached to an aromatic ring is 1. The Balaban J connectivity index is 1.26. The fraction of sp³-hybridized carbons (Fsp3) is 0.400. The van der Waals surface area contributed by atoms with Crippen LogP contribution in [0.3, 0.4) is 0 Å². The van der Waals surface area contributed by atoms with Crippen LogP contribution in [0.4, 0.5) is 11.5 Å². The number of aromatic nitrogens is 3. The van der Waals surface area contributed by atoms with Crippen molar-refractivity contribution in [3.63, 3.8) is 0 Å². The zero-order valence-corrected chi connectivity index (χ0v) is 21.1. The maximum absolute atomic E-state index is 12.8. The van der Waals surface area contributed by atoms with Gasteiger partial charge in [0, 0.05) is 36.9 Å². The molecule has 0 spiro atoms. The van der Waals surface area contributed by atoms with Crippen LogP contribution >= 0.6 is 11.3 Å². The number of thiazole rings is 1. The van der Waals surface area contributed by atoms with E-state index in [-0.39, 0.29) is 35.2 Å². The van der Waals surface area contributed by atoms with E-state index in [1.807, 2.05) is 30.5 Å². The first-order chi connectivity index (χ1) is 18.0. The van der Waals surface area contributed by atoms with Crippen molar-refractivity contribution in [2.75, 3.05) is 43.8 Å². The quantitative estimate of drug-likeness (QED) is 0.262. The second kappa shape index (κ2) is 12.6. The van der Waals surface area contributed by atoms with E-state index in [0.29, 0.717) is 12.5 Å². The number of nitriles is 1. The number of aliphatic hydroxyl groups excluding tert-OH is 2. The van der Waals surface area contributed by atoms with Crippen LogP contribution in [0.15, 0.2) is 36.7 Å². The van der Waals surface area contributed by atoms with E-state index in [0.717, 1.165) is 43.2 Å². The summed E-state index contributed by atoms with van der Waals surface area (Å²) in [7, 11) is 0. The number of carbonyl (C=O) groups is 1. The van der Waals surface area contributed by atoms with Gasteiger partial charge in [-0.15, -0.1) is 11.3 Å². The molecule has 1 saturated heterocycles. The zero-order valence-electron chi connectivity index (χ0n) is 20.3. The van der Waals surface area contributed by atoms with E-state index in [1.165, 1.54) is 10.9 Å². The van der Waals surface area contributed by atoms with Gasteiger partial charge in [-0.25, -0.2) is 9.97 Å². The molecule has 194 valence electrons. The lowest BCUT2D eigenvalue weighted by Crippen LogP contribution is -2.38. The lowest BCUT2D eigenvalue weighted by Gasteiger charge is -2.31. The summed E-state index contributed by atoms with van der Waals surface area (Å²) in [5.41, 5.74) is 7.13. The number of pyridine rings is 2. The molecule has 0 aromatic carbocycles. The lowest BCUT2D eigenvalue weighted by molar-refractivity contribution is 0.0930. The first kappa shape index (κ1) is 26.4. The molecule has 0 saturated carbocycles. The smallest absolute Gasteiger partial charge is 0.270 e. The Morgan fingerprint density at radius 3 is 2.84 bits per heavy atom. The fourth-order valence-electron chi connectivity index (χ4n) is 4.09. The summed E-state index contributed by atoms with van der Waals surface area (Å²) >= 11 is 1.66. The van der Waals surface area contributed by atoms with E-state index < -0.39 is 12.7 Å². The van der Waals surface area contributed by atoms with Crippen LogP contribution in [0.2, 0.25) is 0 Å². The Hall–Kier alpha value is -3.63. The Kier molecular flexibility index (Phi) is 8.97. The highest BCUT2D eigenvalue weighted by Gasteiger charge is 2.22. The number of hydrogen-bond acceptors (Lipinski definition) is 11. The molecule has 1 aliphatic heterocycles. The van der Waals surface area contributed by atoms with Gasteiger partial charge in [-0.2, -0.15) is 5.26 Å². The second-order valence-corrected chi connectivity index (χ2v) is 10.0. The SMILES string of the molecule is N#Cc1c(N)cc(C(=O)NCC2CCN(Cc3cnc(-c4ccccn4)s3)CC2)nc1NC[C@H](O)CO. The highest BCUT2D eigenvalue weighted by atomic mass is 32.1. The largest absolute Gasteiger partial charge is 0.397 e. The first-order valence-corrected chi connectivity index (χ1v) is 12.9. The van der Waals surface area contributed by atoms with Crippen molar-refractivity contribution in [2.45, 2.75) is 25.5 Å². The van der Waals surface area contributed by atoms with Crippen LogP contribution in [-0.2, 0) is 6.54 Å². The molecule has 3 aromatic heterocycles. The molecule has 3 aromatic rings. The number of piperidine rings is 1. The molecule has 11 nitrogen and oxygen atoms in total. The number of likely N-dealkylation sites (tertiary alicyclic amines) is 1. The van der Waals surface area contributed by atoms with Gasteiger partial charge in [0.15, 0.2) is 0 Å². The minimum Gasteiger partial charge on any atom is -0.397 e. The molecule has 4 heterocycles. The standard InChI is InChI=1S/C25H30N8O3S/c26-10-19-20(27)9-22(32-23(19)29-12-17(35)15-34)24(36)30-11-16-4-7-33(8-5-16)14-18-13-31-25(37-18)21-3-1-2-6-28-21/h1-3,6,9,13,16-17,34-35H,4-5,7-8,11-12,14-15H2,(H,30,36)(H3,27,29,32)/t17-/m0/s1. The molecule has 37 heavy (non-hydrogen) atoms. The molecular weight excluding hydrogens is 492 g/mol. The van der Waals surface area contributed by atoms with Crippen molar-refractivity contribution in [1.82, 2.24) is 25.2 Å². The average molecular weight is 523 g/mol. The predicted octanol–water partition coefficient (Wildman–Crippen LogP) is 1.46. The maximum atomic E-state index is 12.8. The molecule has 1 amide bonds.